The number of pyridine rings is 1. The summed E-state index contributed by atoms with van der Waals surface area (Å²) in [5, 5.41) is 12.3. The quantitative estimate of drug-likeness (QED) is 0.442. The minimum atomic E-state index is -0.642. The Morgan fingerprint density at radius 2 is 1.69 bits per heavy atom. The molecule has 0 aliphatic rings. The number of hydrogen-bond donors (Lipinski definition) is 2. The van der Waals surface area contributed by atoms with Crippen molar-refractivity contribution in [2.75, 3.05) is 0 Å². The highest BCUT2D eigenvalue weighted by Crippen LogP contribution is 2.17. The molecule has 1 aromatic heterocycles. The molecule has 0 fully saturated rings. The highest BCUT2D eigenvalue weighted by Gasteiger charge is 2.09. The number of fused-ring (bicyclic) bond motifs is 2. The number of carbonyl (C=O) groups is 1. The normalized spacial score (nSPS) is 11.0. The van der Waals surface area contributed by atoms with Crippen molar-refractivity contribution in [2.45, 2.75) is 6.54 Å². The van der Waals surface area contributed by atoms with E-state index in [2.05, 4.69) is 12.1 Å². The predicted octanol–water partition coefficient (Wildman–Crippen LogP) is 3.32. The summed E-state index contributed by atoms with van der Waals surface area (Å²) in [6, 6.07) is 20.8. The minimum absolute atomic E-state index is 0.178. The lowest BCUT2D eigenvalue weighted by Gasteiger charge is -2.09. The maximum Gasteiger partial charge on any atom is 0.274 e. The van der Waals surface area contributed by atoms with Crippen molar-refractivity contribution in [3.63, 3.8) is 0 Å². The number of hydroxylamine groups is 1. The maximum absolute atomic E-state index is 12.8. The molecule has 0 atom stereocenters. The first-order valence-electron chi connectivity index (χ1n) is 8.21. The van der Waals surface area contributed by atoms with Crippen LogP contribution in [0.2, 0.25) is 0 Å². The molecule has 5 nitrogen and oxygen atoms in total. The summed E-state index contributed by atoms with van der Waals surface area (Å²) in [4.78, 5) is 24.4. The SMILES string of the molecule is O=C(NO)c1ccc2ccn(Cc3ccc4ccccc4c3)c(=O)c2c1. The van der Waals surface area contributed by atoms with E-state index in [9.17, 15) is 9.59 Å². The Hall–Kier alpha value is -3.44. The molecule has 4 rings (SSSR count). The van der Waals surface area contributed by atoms with Crippen molar-refractivity contribution in [2.24, 2.45) is 0 Å². The van der Waals surface area contributed by atoms with E-state index in [-0.39, 0.29) is 11.1 Å². The molecule has 0 aliphatic carbocycles. The van der Waals surface area contributed by atoms with Crippen LogP contribution >= 0.6 is 0 Å². The maximum atomic E-state index is 12.8. The third kappa shape index (κ3) is 2.85. The lowest BCUT2D eigenvalue weighted by molar-refractivity contribution is 0.0706. The molecule has 26 heavy (non-hydrogen) atoms. The van der Waals surface area contributed by atoms with E-state index in [4.69, 9.17) is 5.21 Å². The van der Waals surface area contributed by atoms with Crippen molar-refractivity contribution in [3.05, 3.63) is 94.4 Å². The molecule has 2 N–H and O–H groups in total. The Morgan fingerprint density at radius 1 is 0.923 bits per heavy atom. The molecular weight excluding hydrogens is 328 g/mol. The zero-order chi connectivity index (χ0) is 18.1. The first-order chi connectivity index (χ1) is 12.7. The number of nitrogens with one attached hydrogen (secondary N) is 1. The fourth-order valence-corrected chi connectivity index (χ4v) is 3.14. The van der Waals surface area contributed by atoms with Crippen molar-refractivity contribution in [1.29, 1.82) is 0 Å². The minimum Gasteiger partial charge on any atom is -0.311 e. The molecule has 4 aromatic rings. The van der Waals surface area contributed by atoms with Gasteiger partial charge in [-0.1, -0.05) is 42.5 Å². The number of rotatable bonds is 3. The van der Waals surface area contributed by atoms with Gasteiger partial charge < -0.3 is 4.57 Å². The van der Waals surface area contributed by atoms with Gasteiger partial charge in [0.2, 0.25) is 0 Å². The Kier molecular flexibility index (Phi) is 3.99. The fraction of sp³-hybridized carbons (Fsp3) is 0.0476. The van der Waals surface area contributed by atoms with Crippen LogP contribution in [0.25, 0.3) is 21.5 Å². The van der Waals surface area contributed by atoms with Gasteiger partial charge in [0.15, 0.2) is 0 Å². The Balaban J connectivity index is 1.76. The topological polar surface area (TPSA) is 71.3 Å². The van der Waals surface area contributed by atoms with Gasteiger partial charge in [-0.05, 0) is 46.0 Å². The molecule has 0 saturated heterocycles. The van der Waals surface area contributed by atoms with E-state index in [0.29, 0.717) is 11.9 Å². The zero-order valence-corrected chi connectivity index (χ0v) is 13.8. The van der Waals surface area contributed by atoms with Crippen LogP contribution in [0.15, 0.2) is 77.7 Å². The second kappa shape index (κ2) is 6.46. The third-order valence-electron chi connectivity index (χ3n) is 4.51. The molecular formula is C21H16N2O3. The lowest BCUT2D eigenvalue weighted by atomic mass is 10.1. The molecule has 0 saturated carbocycles. The molecule has 0 aliphatic heterocycles. The van der Waals surface area contributed by atoms with Crippen LogP contribution in [0.4, 0.5) is 0 Å². The Morgan fingerprint density at radius 3 is 2.50 bits per heavy atom. The number of benzene rings is 3. The number of carbonyl (C=O) groups excluding carboxylic acids is 1. The number of aromatic nitrogens is 1. The largest absolute Gasteiger partial charge is 0.311 e. The van der Waals surface area contributed by atoms with Crippen molar-refractivity contribution in [3.8, 4) is 0 Å². The van der Waals surface area contributed by atoms with Crippen molar-refractivity contribution >= 4 is 27.5 Å². The summed E-state index contributed by atoms with van der Waals surface area (Å²) >= 11 is 0. The summed E-state index contributed by atoms with van der Waals surface area (Å²) in [5.74, 6) is -0.642. The van der Waals surface area contributed by atoms with Crippen LogP contribution in [-0.4, -0.2) is 15.7 Å². The van der Waals surface area contributed by atoms with Gasteiger partial charge in [-0.15, -0.1) is 0 Å². The fourth-order valence-electron chi connectivity index (χ4n) is 3.14. The Labute approximate surface area is 149 Å². The van der Waals surface area contributed by atoms with Crippen LogP contribution in [0.5, 0.6) is 0 Å². The summed E-state index contributed by atoms with van der Waals surface area (Å²) < 4.78 is 1.62. The van der Waals surface area contributed by atoms with Gasteiger partial charge in [-0.2, -0.15) is 0 Å². The van der Waals surface area contributed by atoms with Gasteiger partial charge in [0.25, 0.3) is 11.5 Å². The molecule has 0 spiro atoms. The van der Waals surface area contributed by atoms with Crippen molar-refractivity contribution < 1.29 is 10.0 Å². The van der Waals surface area contributed by atoms with Crippen LogP contribution in [0, 0.1) is 0 Å². The molecule has 3 aromatic carbocycles. The van der Waals surface area contributed by atoms with Crippen molar-refractivity contribution in [1.82, 2.24) is 10.0 Å². The average molecular weight is 344 g/mol. The molecule has 128 valence electrons. The number of nitrogens with zero attached hydrogens (tertiary/aromatic N) is 1. The Bertz CT molecular complexity index is 1190. The van der Waals surface area contributed by atoms with E-state index in [1.165, 1.54) is 6.07 Å². The van der Waals surface area contributed by atoms with E-state index in [0.717, 1.165) is 21.7 Å². The van der Waals surface area contributed by atoms with Crippen LogP contribution < -0.4 is 11.0 Å². The number of hydrogen-bond acceptors (Lipinski definition) is 3. The zero-order valence-electron chi connectivity index (χ0n) is 13.8. The lowest BCUT2D eigenvalue weighted by Crippen LogP contribution is -2.22. The predicted molar refractivity (Wildman–Crippen MR) is 101 cm³/mol. The number of amides is 1. The molecule has 0 bridgehead atoms. The monoisotopic (exact) mass is 344 g/mol. The van der Waals surface area contributed by atoms with Gasteiger partial charge >= 0.3 is 0 Å². The van der Waals surface area contributed by atoms with E-state index >= 15 is 0 Å². The van der Waals surface area contributed by atoms with Gasteiger partial charge in [-0.25, -0.2) is 5.48 Å². The summed E-state index contributed by atoms with van der Waals surface area (Å²) in [6.45, 7) is 0.441. The summed E-state index contributed by atoms with van der Waals surface area (Å²) in [7, 11) is 0. The highest BCUT2D eigenvalue weighted by molar-refractivity contribution is 5.97. The summed E-state index contributed by atoms with van der Waals surface area (Å²) in [6.07, 6.45) is 1.76. The van der Waals surface area contributed by atoms with Crippen LogP contribution in [0.1, 0.15) is 15.9 Å². The molecule has 5 heteroatoms. The van der Waals surface area contributed by atoms with Crippen LogP contribution in [-0.2, 0) is 6.54 Å². The van der Waals surface area contributed by atoms with Gasteiger partial charge in [-0.3, -0.25) is 14.8 Å². The van der Waals surface area contributed by atoms with E-state index < -0.39 is 5.91 Å². The molecule has 1 amide bonds. The summed E-state index contributed by atoms with van der Waals surface area (Å²) in [5.41, 5.74) is 2.67. The highest BCUT2D eigenvalue weighted by atomic mass is 16.5. The standard InChI is InChI=1S/C21H16N2O3/c24-20(22-26)18-8-7-16-9-10-23(21(25)19(16)12-18)13-14-5-6-15-3-1-2-4-17(15)11-14/h1-12,26H,13H2,(H,22,24). The van der Waals surface area contributed by atoms with Gasteiger partial charge in [0.05, 0.1) is 6.54 Å². The first-order valence-corrected chi connectivity index (χ1v) is 8.21. The van der Waals surface area contributed by atoms with Gasteiger partial charge in [0.1, 0.15) is 0 Å². The molecule has 0 radical (unpaired) electrons. The average Bonchev–Trinajstić information content (AvgIpc) is 2.69. The molecule has 1 heterocycles. The molecule has 0 unspecified atom stereocenters. The first kappa shape index (κ1) is 16.1. The van der Waals surface area contributed by atoms with E-state index in [1.807, 2.05) is 36.4 Å². The van der Waals surface area contributed by atoms with Crippen LogP contribution in [0.3, 0.4) is 0 Å². The second-order valence-corrected chi connectivity index (χ2v) is 6.17. The van der Waals surface area contributed by atoms with E-state index in [1.54, 1.807) is 28.4 Å². The third-order valence-corrected chi connectivity index (χ3v) is 4.51. The second-order valence-electron chi connectivity index (χ2n) is 6.17. The smallest absolute Gasteiger partial charge is 0.274 e. The van der Waals surface area contributed by atoms with Gasteiger partial charge in [0, 0.05) is 17.1 Å².